The molecule has 0 radical (unpaired) electrons. The van der Waals surface area contributed by atoms with Gasteiger partial charge in [-0.05, 0) is 36.8 Å². The van der Waals surface area contributed by atoms with Crippen molar-refractivity contribution in [1.82, 2.24) is 16.0 Å². The maximum Gasteiger partial charge on any atom is 0.251 e. The fourth-order valence-electron chi connectivity index (χ4n) is 2.40. The molecule has 7 heteroatoms. The molecule has 1 amide bonds. The van der Waals surface area contributed by atoms with Crippen LogP contribution >= 0.6 is 0 Å². The van der Waals surface area contributed by atoms with E-state index in [1.807, 2.05) is 37.3 Å². The molecule has 0 aromatic heterocycles. The van der Waals surface area contributed by atoms with Crippen LogP contribution in [0.3, 0.4) is 0 Å². The first-order valence-corrected chi connectivity index (χ1v) is 9.40. The lowest BCUT2D eigenvalue weighted by Crippen LogP contribution is -2.41. The average molecular weight is 384 g/mol. The Balaban J connectivity index is 1.64. The zero-order valence-corrected chi connectivity index (χ0v) is 16.1. The molecule has 0 aliphatic heterocycles. The molecular formula is C21H28N4O3. The fourth-order valence-corrected chi connectivity index (χ4v) is 2.40. The first kappa shape index (κ1) is 21.2. The van der Waals surface area contributed by atoms with E-state index in [1.54, 1.807) is 12.1 Å². The molecule has 0 fully saturated rings. The van der Waals surface area contributed by atoms with Gasteiger partial charge in [0.15, 0.2) is 5.96 Å². The van der Waals surface area contributed by atoms with Crippen molar-refractivity contribution in [1.29, 1.82) is 0 Å². The molecule has 0 spiro atoms. The van der Waals surface area contributed by atoms with Crippen LogP contribution in [-0.2, 0) is 11.3 Å². The highest BCUT2D eigenvalue weighted by atomic mass is 16.5. The maximum absolute atomic E-state index is 12.0. The molecule has 0 aliphatic carbocycles. The van der Waals surface area contributed by atoms with Crippen LogP contribution in [0.5, 0.6) is 5.75 Å². The van der Waals surface area contributed by atoms with Gasteiger partial charge in [0.05, 0.1) is 19.8 Å². The van der Waals surface area contributed by atoms with Crippen molar-refractivity contribution in [3.8, 4) is 5.75 Å². The Labute approximate surface area is 165 Å². The van der Waals surface area contributed by atoms with E-state index in [4.69, 9.17) is 4.74 Å². The third kappa shape index (κ3) is 8.09. The van der Waals surface area contributed by atoms with Crippen LogP contribution in [0.25, 0.3) is 0 Å². The fraction of sp³-hybridized carbons (Fsp3) is 0.333. The highest BCUT2D eigenvalue weighted by Crippen LogP contribution is 2.09. The van der Waals surface area contributed by atoms with Gasteiger partial charge in [-0.15, -0.1) is 0 Å². The number of rotatable bonds is 10. The first-order chi connectivity index (χ1) is 13.7. The number of benzene rings is 2. The number of nitrogens with zero attached hydrogens (tertiary/aromatic N) is 1. The molecule has 0 unspecified atom stereocenters. The molecular weight excluding hydrogens is 356 g/mol. The molecule has 0 saturated carbocycles. The van der Waals surface area contributed by atoms with Crippen LogP contribution in [0.15, 0.2) is 59.6 Å². The standard InChI is InChI=1S/C21H28N4O3/c1-2-22-21(25-14-15-28-16-17-6-4-3-5-7-17)24-13-12-23-20(27)18-8-10-19(26)11-9-18/h3-11,26H,2,12-16H2,1H3,(H,23,27)(H2,22,24,25). The van der Waals surface area contributed by atoms with Crippen molar-refractivity contribution in [2.75, 3.05) is 32.8 Å². The van der Waals surface area contributed by atoms with Crippen molar-refractivity contribution < 1.29 is 14.6 Å². The number of carbonyl (C=O) groups is 1. The molecule has 150 valence electrons. The number of phenolic OH excluding ortho intramolecular Hbond substituents is 1. The number of guanidine groups is 1. The third-order valence-corrected chi connectivity index (χ3v) is 3.79. The summed E-state index contributed by atoms with van der Waals surface area (Å²) in [6.45, 7) is 5.39. The number of aliphatic imine (C=N–C) groups is 1. The van der Waals surface area contributed by atoms with Crippen LogP contribution in [0.4, 0.5) is 0 Å². The predicted molar refractivity (Wildman–Crippen MR) is 111 cm³/mol. The van der Waals surface area contributed by atoms with Crippen molar-refractivity contribution in [2.24, 2.45) is 4.99 Å². The minimum atomic E-state index is -0.182. The number of hydrogen-bond acceptors (Lipinski definition) is 4. The molecule has 7 nitrogen and oxygen atoms in total. The third-order valence-electron chi connectivity index (χ3n) is 3.79. The molecule has 0 bridgehead atoms. The van der Waals surface area contributed by atoms with Crippen LogP contribution < -0.4 is 16.0 Å². The number of hydrogen-bond donors (Lipinski definition) is 4. The van der Waals surface area contributed by atoms with E-state index < -0.39 is 0 Å². The zero-order chi connectivity index (χ0) is 20.0. The Kier molecular flexibility index (Phi) is 9.37. The van der Waals surface area contributed by atoms with Gasteiger partial charge in [-0.2, -0.15) is 0 Å². The summed E-state index contributed by atoms with van der Waals surface area (Å²) in [5.74, 6) is 0.639. The average Bonchev–Trinajstić information content (AvgIpc) is 2.72. The van der Waals surface area contributed by atoms with Crippen molar-refractivity contribution >= 4 is 11.9 Å². The summed E-state index contributed by atoms with van der Waals surface area (Å²) < 4.78 is 5.63. The van der Waals surface area contributed by atoms with Gasteiger partial charge < -0.3 is 25.8 Å². The quantitative estimate of drug-likeness (QED) is 0.285. The highest BCUT2D eigenvalue weighted by molar-refractivity contribution is 5.94. The zero-order valence-electron chi connectivity index (χ0n) is 16.1. The van der Waals surface area contributed by atoms with E-state index >= 15 is 0 Å². The summed E-state index contributed by atoms with van der Waals surface area (Å²) in [7, 11) is 0. The van der Waals surface area contributed by atoms with Gasteiger partial charge in [-0.1, -0.05) is 30.3 Å². The van der Waals surface area contributed by atoms with Crippen LogP contribution in [-0.4, -0.2) is 49.8 Å². The molecule has 0 atom stereocenters. The summed E-state index contributed by atoms with van der Waals surface area (Å²) in [6, 6.07) is 16.2. The second kappa shape index (κ2) is 12.3. The number of nitrogens with one attached hydrogen (secondary N) is 3. The number of carbonyl (C=O) groups excluding carboxylic acids is 1. The van der Waals surface area contributed by atoms with E-state index in [1.165, 1.54) is 12.1 Å². The maximum atomic E-state index is 12.0. The summed E-state index contributed by atoms with van der Waals surface area (Å²) in [5.41, 5.74) is 1.65. The van der Waals surface area contributed by atoms with E-state index in [0.717, 1.165) is 12.1 Å². The first-order valence-electron chi connectivity index (χ1n) is 9.40. The largest absolute Gasteiger partial charge is 0.508 e. The minimum absolute atomic E-state index is 0.137. The monoisotopic (exact) mass is 384 g/mol. The van der Waals surface area contributed by atoms with Gasteiger partial charge in [0.1, 0.15) is 5.75 Å². The lowest BCUT2D eigenvalue weighted by Gasteiger charge is -2.12. The van der Waals surface area contributed by atoms with Crippen molar-refractivity contribution in [3.05, 3.63) is 65.7 Å². The number of aromatic hydroxyl groups is 1. The highest BCUT2D eigenvalue weighted by Gasteiger charge is 2.04. The molecule has 0 aliphatic rings. The van der Waals surface area contributed by atoms with Crippen molar-refractivity contribution in [2.45, 2.75) is 13.5 Å². The summed E-state index contributed by atoms with van der Waals surface area (Å²) in [5, 5.41) is 18.4. The minimum Gasteiger partial charge on any atom is -0.508 e. The van der Waals surface area contributed by atoms with E-state index in [-0.39, 0.29) is 11.7 Å². The second-order valence-electron chi connectivity index (χ2n) is 6.03. The number of ether oxygens (including phenoxy) is 1. The summed E-state index contributed by atoms with van der Waals surface area (Å²) >= 11 is 0. The van der Waals surface area contributed by atoms with E-state index in [2.05, 4.69) is 20.9 Å². The van der Waals surface area contributed by atoms with E-state index in [9.17, 15) is 9.90 Å². The number of amides is 1. The van der Waals surface area contributed by atoms with Gasteiger partial charge in [-0.3, -0.25) is 9.79 Å². The molecule has 2 aromatic carbocycles. The van der Waals surface area contributed by atoms with Crippen LogP contribution in [0.2, 0.25) is 0 Å². The molecule has 2 rings (SSSR count). The summed E-state index contributed by atoms with van der Waals surface area (Å²) in [4.78, 5) is 16.5. The smallest absolute Gasteiger partial charge is 0.251 e. The number of phenols is 1. The van der Waals surface area contributed by atoms with Crippen molar-refractivity contribution in [3.63, 3.8) is 0 Å². The van der Waals surface area contributed by atoms with Crippen LogP contribution in [0, 0.1) is 0 Å². The van der Waals surface area contributed by atoms with Crippen LogP contribution in [0.1, 0.15) is 22.8 Å². The SMILES string of the molecule is CCNC(=NCCOCc1ccccc1)NCCNC(=O)c1ccc(O)cc1. The molecule has 0 saturated heterocycles. The van der Waals surface area contributed by atoms with Gasteiger partial charge in [0, 0.05) is 25.2 Å². The second-order valence-corrected chi connectivity index (χ2v) is 6.03. The lowest BCUT2D eigenvalue weighted by molar-refractivity contribution is 0.0954. The Morgan fingerprint density at radius 3 is 2.43 bits per heavy atom. The Morgan fingerprint density at radius 2 is 1.71 bits per heavy atom. The molecule has 0 heterocycles. The van der Waals surface area contributed by atoms with Gasteiger partial charge in [-0.25, -0.2) is 0 Å². The Morgan fingerprint density at radius 1 is 1.00 bits per heavy atom. The summed E-state index contributed by atoms with van der Waals surface area (Å²) in [6.07, 6.45) is 0. The predicted octanol–water partition coefficient (Wildman–Crippen LogP) is 1.89. The van der Waals surface area contributed by atoms with Gasteiger partial charge in [0.25, 0.3) is 5.91 Å². The Bertz CT molecular complexity index is 733. The van der Waals surface area contributed by atoms with Gasteiger partial charge >= 0.3 is 0 Å². The lowest BCUT2D eigenvalue weighted by atomic mass is 10.2. The molecule has 2 aromatic rings. The van der Waals surface area contributed by atoms with E-state index in [0.29, 0.717) is 44.4 Å². The molecule has 28 heavy (non-hydrogen) atoms. The Hall–Kier alpha value is -3.06. The van der Waals surface area contributed by atoms with Gasteiger partial charge in [0.2, 0.25) is 0 Å². The normalized spacial score (nSPS) is 11.1. The molecule has 4 N–H and O–H groups in total. The topological polar surface area (TPSA) is 95.0 Å².